The summed E-state index contributed by atoms with van der Waals surface area (Å²) in [6.45, 7) is 0.727. The van der Waals surface area contributed by atoms with Gasteiger partial charge in [-0.25, -0.2) is 18.5 Å². The summed E-state index contributed by atoms with van der Waals surface area (Å²) in [7, 11) is -16.7. The Kier molecular flexibility index (Phi) is 9.60. The number of hydrogen-bond donors (Lipinski definition) is 6. The lowest BCUT2D eigenvalue weighted by Crippen LogP contribution is -2.28. The fraction of sp³-hybridized carbons (Fsp3) is 0.412. The SMILES string of the molecule is CC(Nc1ccn([C@H]2C[C@H](O)[C@@H](COP(=O)(O)OP(=O)(O)OP(=O)(O)O)O2)c(=O)n1)c1ccccc1[N+](=O)[O-]. The predicted molar refractivity (Wildman–Crippen MR) is 128 cm³/mol. The Morgan fingerprint density at radius 1 is 1.18 bits per heavy atom. The molecular formula is C17H23N4O15P3. The van der Waals surface area contributed by atoms with Gasteiger partial charge in [0.1, 0.15) is 18.1 Å². The molecule has 0 aliphatic carbocycles. The average Bonchev–Trinajstić information content (AvgIpc) is 3.15. The number of nitro groups is 1. The van der Waals surface area contributed by atoms with Crippen molar-refractivity contribution in [1.29, 1.82) is 0 Å². The van der Waals surface area contributed by atoms with Gasteiger partial charge < -0.3 is 34.7 Å². The highest BCUT2D eigenvalue weighted by Gasteiger charge is 2.43. The minimum absolute atomic E-state index is 0.0876. The van der Waals surface area contributed by atoms with Crippen molar-refractivity contribution in [3.63, 3.8) is 0 Å². The highest BCUT2D eigenvalue weighted by atomic mass is 31.3. The molecule has 3 rings (SSSR count). The lowest BCUT2D eigenvalue weighted by molar-refractivity contribution is -0.385. The molecule has 0 bridgehead atoms. The number of nitrogens with zero attached hydrogens (tertiary/aromatic N) is 3. The van der Waals surface area contributed by atoms with Crippen molar-refractivity contribution in [2.45, 2.75) is 37.8 Å². The van der Waals surface area contributed by atoms with E-state index in [0.717, 1.165) is 4.57 Å². The zero-order valence-electron chi connectivity index (χ0n) is 19.7. The normalized spacial score (nSPS) is 23.5. The maximum Gasteiger partial charge on any atom is 0.490 e. The van der Waals surface area contributed by atoms with Crippen molar-refractivity contribution in [3.05, 3.63) is 62.7 Å². The first-order chi connectivity index (χ1) is 18.0. The van der Waals surface area contributed by atoms with Crippen LogP contribution in [-0.4, -0.2) is 58.0 Å². The largest absolute Gasteiger partial charge is 0.490 e. The van der Waals surface area contributed by atoms with Crippen LogP contribution in [0.5, 0.6) is 0 Å². The fourth-order valence-corrected chi connectivity index (χ4v) is 6.57. The number of aliphatic hydroxyl groups is 1. The number of ether oxygens (including phenoxy) is 1. The van der Waals surface area contributed by atoms with Crippen LogP contribution < -0.4 is 11.0 Å². The molecule has 0 amide bonds. The van der Waals surface area contributed by atoms with Gasteiger partial charge in [0.15, 0.2) is 0 Å². The van der Waals surface area contributed by atoms with Crippen molar-refractivity contribution in [2.24, 2.45) is 0 Å². The molecule has 3 unspecified atom stereocenters. The first-order valence-corrected chi connectivity index (χ1v) is 15.2. The van der Waals surface area contributed by atoms with E-state index in [2.05, 4.69) is 23.4 Å². The van der Waals surface area contributed by atoms with Crippen LogP contribution in [0.2, 0.25) is 0 Å². The monoisotopic (exact) mass is 616 g/mol. The number of nitrogens with one attached hydrogen (secondary N) is 1. The van der Waals surface area contributed by atoms with E-state index in [-0.39, 0.29) is 17.9 Å². The Bertz CT molecular complexity index is 1410. The van der Waals surface area contributed by atoms with Gasteiger partial charge in [-0.3, -0.25) is 19.2 Å². The molecule has 1 aliphatic rings. The number of phosphoric acid groups is 3. The average molecular weight is 616 g/mol. The second kappa shape index (κ2) is 12.0. The molecule has 19 nitrogen and oxygen atoms in total. The molecule has 6 atom stereocenters. The van der Waals surface area contributed by atoms with Gasteiger partial charge in [-0.05, 0) is 13.0 Å². The maximum atomic E-state index is 12.6. The van der Waals surface area contributed by atoms with Crippen LogP contribution >= 0.6 is 23.5 Å². The Morgan fingerprint density at radius 3 is 2.46 bits per heavy atom. The number of benzene rings is 1. The van der Waals surface area contributed by atoms with E-state index in [1.165, 1.54) is 24.4 Å². The van der Waals surface area contributed by atoms with E-state index >= 15 is 0 Å². The molecule has 1 aliphatic heterocycles. The summed E-state index contributed by atoms with van der Waals surface area (Å²) in [4.78, 5) is 63.0. The number of para-hydroxylation sites is 1. The smallest absolute Gasteiger partial charge is 0.390 e. The number of phosphoric ester groups is 1. The number of anilines is 1. The molecule has 2 aromatic rings. The number of rotatable bonds is 12. The van der Waals surface area contributed by atoms with E-state index in [1.54, 1.807) is 19.1 Å². The Labute approximate surface area is 218 Å². The molecule has 2 heterocycles. The van der Waals surface area contributed by atoms with Gasteiger partial charge in [0.05, 0.1) is 29.2 Å². The summed E-state index contributed by atoms with van der Waals surface area (Å²) >= 11 is 0. The van der Waals surface area contributed by atoms with Crippen LogP contribution in [0, 0.1) is 10.1 Å². The topological polar surface area (TPSA) is 279 Å². The summed E-state index contributed by atoms with van der Waals surface area (Å²) < 4.78 is 52.0. The van der Waals surface area contributed by atoms with Crippen LogP contribution in [0.3, 0.4) is 0 Å². The van der Waals surface area contributed by atoms with Gasteiger partial charge in [0, 0.05) is 18.7 Å². The molecule has 216 valence electrons. The maximum absolute atomic E-state index is 12.6. The van der Waals surface area contributed by atoms with Crippen molar-refractivity contribution in [1.82, 2.24) is 9.55 Å². The van der Waals surface area contributed by atoms with Crippen molar-refractivity contribution >= 4 is 35.0 Å². The summed E-state index contributed by atoms with van der Waals surface area (Å²) in [5.41, 5.74) is -0.600. The van der Waals surface area contributed by atoms with Gasteiger partial charge in [0.25, 0.3) is 5.69 Å². The summed E-state index contributed by atoms with van der Waals surface area (Å²) in [5, 5.41) is 24.4. The number of nitro benzene ring substituents is 1. The van der Waals surface area contributed by atoms with Crippen LogP contribution in [0.15, 0.2) is 41.3 Å². The molecule has 1 aromatic heterocycles. The summed E-state index contributed by atoms with van der Waals surface area (Å²) in [6, 6.07) is 6.80. The third kappa shape index (κ3) is 8.81. The zero-order valence-corrected chi connectivity index (χ0v) is 22.4. The molecule has 0 saturated carbocycles. The molecule has 1 aromatic carbocycles. The summed E-state index contributed by atoms with van der Waals surface area (Å²) in [6.07, 6.45) is -2.75. The third-order valence-electron chi connectivity index (χ3n) is 5.13. The summed E-state index contributed by atoms with van der Waals surface area (Å²) in [5.74, 6) is 0.0876. The first kappa shape index (κ1) is 31.2. The van der Waals surface area contributed by atoms with Gasteiger partial charge in [-0.2, -0.15) is 13.6 Å². The Balaban J connectivity index is 1.63. The lowest BCUT2D eigenvalue weighted by Gasteiger charge is -2.19. The molecule has 39 heavy (non-hydrogen) atoms. The van der Waals surface area contributed by atoms with Gasteiger partial charge in [-0.15, -0.1) is 0 Å². The Hall–Kier alpha value is -2.37. The lowest BCUT2D eigenvalue weighted by atomic mass is 10.1. The molecule has 0 radical (unpaired) electrons. The van der Waals surface area contributed by atoms with Gasteiger partial charge in [-0.1, -0.05) is 18.2 Å². The minimum Gasteiger partial charge on any atom is -0.390 e. The van der Waals surface area contributed by atoms with E-state index < -0.39 is 65.2 Å². The second-order valence-corrected chi connectivity index (χ2v) is 12.4. The highest BCUT2D eigenvalue weighted by molar-refractivity contribution is 7.66. The number of aromatic nitrogens is 2. The van der Waals surface area contributed by atoms with Crippen LogP contribution in [0.1, 0.15) is 31.2 Å². The van der Waals surface area contributed by atoms with E-state index in [1.807, 2.05) is 0 Å². The fourth-order valence-electron chi connectivity index (χ4n) is 3.54. The van der Waals surface area contributed by atoms with Gasteiger partial charge in [0.2, 0.25) is 0 Å². The molecule has 1 saturated heterocycles. The quantitative estimate of drug-likeness (QED) is 0.111. The molecule has 0 spiro atoms. The van der Waals surface area contributed by atoms with Crippen LogP contribution in [-0.2, 0) is 31.6 Å². The molecular weight excluding hydrogens is 593 g/mol. The predicted octanol–water partition coefficient (Wildman–Crippen LogP) is 1.32. The van der Waals surface area contributed by atoms with Gasteiger partial charge >= 0.3 is 29.2 Å². The molecule has 6 N–H and O–H groups in total. The minimum atomic E-state index is -5.72. The number of hydrogen-bond acceptors (Lipinski definition) is 13. The van der Waals surface area contributed by atoms with Crippen LogP contribution in [0.4, 0.5) is 11.5 Å². The van der Waals surface area contributed by atoms with E-state index in [4.69, 9.17) is 14.5 Å². The Morgan fingerprint density at radius 2 is 1.85 bits per heavy atom. The third-order valence-corrected chi connectivity index (χ3v) is 8.93. The van der Waals surface area contributed by atoms with E-state index in [0.29, 0.717) is 5.56 Å². The van der Waals surface area contributed by atoms with Crippen molar-refractivity contribution < 1.29 is 61.2 Å². The van der Waals surface area contributed by atoms with Crippen LogP contribution in [0.25, 0.3) is 0 Å². The standard InChI is InChI=1S/C17H23N4O15P3/c1-10(11-4-2-3-5-12(11)21(24)25)18-15-6-7-20(17(23)19-15)16-8-13(22)14(34-16)9-33-38(29,30)36-39(31,32)35-37(26,27)28/h2-7,10,13-14,16,22H,8-9H2,1H3,(H,29,30)(H,31,32)(H,18,19,23)(H2,26,27,28)/t10?,13-,14+,16+/m0/s1. The van der Waals surface area contributed by atoms with Crippen molar-refractivity contribution in [3.8, 4) is 0 Å². The molecule has 1 fully saturated rings. The molecule has 22 heteroatoms. The zero-order chi connectivity index (χ0) is 29.2. The van der Waals surface area contributed by atoms with Crippen molar-refractivity contribution in [2.75, 3.05) is 11.9 Å². The highest BCUT2D eigenvalue weighted by Crippen LogP contribution is 2.66. The first-order valence-electron chi connectivity index (χ1n) is 10.7. The second-order valence-electron chi connectivity index (χ2n) is 8.00. The number of aliphatic hydroxyl groups excluding tert-OH is 1. The van der Waals surface area contributed by atoms with E-state index in [9.17, 15) is 43.5 Å².